The van der Waals surface area contributed by atoms with Crippen LogP contribution in [0.5, 0.6) is 11.5 Å². The zero-order valence-electron chi connectivity index (χ0n) is 19.3. The number of rotatable bonds is 11. The first kappa shape index (κ1) is 29.0. The van der Waals surface area contributed by atoms with E-state index in [1.807, 2.05) is 6.92 Å². The third-order valence-corrected chi connectivity index (χ3v) is 5.17. The molecule has 0 aliphatic carbocycles. The van der Waals surface area contributed by atoms with E-state index in [-0.39, 0.29) is 5.69 Å². The van der Waals surface area contributed by atoms with E-state index in [0.29, 0.717) is 17.9 Å². The van der Waals surface area contributed by atoms with Gasteiger partial charge < -0.3 is 9.47 Å². The van der Waals surface area contributed by atoms with Gasteiger partial charge in [-0.05, 0) is 68.8 Å². The quantitative estimate of drug-likeness (QED) is 0.129. The van der Waals surface area contributed by atoms with Crippen molar-refractivity contribution in [3.8, 4) is 11.5 Å². The lowest BCUT2D eigenvalue weighted by Gasteiger charge is -2.31. The molecule has 0 radical (unpaired) electrons. The summed E-state index contributed by atoms with van der Waals surface area (Å²) in [5.74, 6) is -18.7. The van der Waals surface area contributed by atoms with Gasteiger partial charge in [0, 0.05) is 0 Å². The molecule has 0 aliphatic rings. The van der Waals surface area contributed by atoms with Gasteiger partial charge in [0.2, 0.25) is 0 Å². The fourth-order valence-corrected chi connectivity index (χ4v) is 2.34. The molecule has 2 aromatic carbocycles. The van der Waals surface area contributed by atoms with Crippen molar-refractivity contribution in [3.63, 3.8) is 0 Å². The predicted molar refractivity (Wildman–Crippen MR) is 113 cm³/mol. The van der Waals surface area contributed by atoms with E-state index in [1.165, 1.54) is 36.4 Å². The minimum absolute atomic E-state index is 0.184. The van der Waals surface area contributed by atoms with Crippen molar-refractivity contribution in [2.75, 3.05) is 6.61 Å². The molecule has 0 heterocycles. The van der Waals surface area contributed by atoms with E-state index in [1.54, 1.807) is 13.8 Å². The maximum atomic E-state index is 13.6. The van der Waals surface area contributed by atoms with Gasteiger partial charge in [-0.2, -0.15) is 36.6 Å². The first-order chi connectivity index (χ1) is 16.5. The number of ether oxygens (including phenoxy) is 2. The topological polar surface area (TPSA) is 60.2 Å². The molecule has 0 atom stereocenters. The van der Waals surface area contributed by atoms with Gasteiger partial charge in [0.05, 0.1) is 16.8 Å². The Labute approximate surface area is 201 Å². The standard InChI is InChI=1S/C23H22F8N2O3/c1-4-20(2,3)19(34)36-17-11-7-15(8-12-17)33-32-14-5-9-16(10-6-14)35-13-21(26,27)23(30,31)22(28,29)18(24)25/h5-12,18H,4,13H2,1-3H3. The summed E-state index contributed by atoms with van der Waals surface area (Å²) < 4.78 is 113. The molecule has 5 nitrogen and oxygen atoms in total. The Morgan fingerprint density at radius 1 is 0.833 bits per heavy atom. The minimum Gasteiger partial charge on any atom is -0.487 e. The summed E-state index contributed by atoms with van der Waals surface area (Å²) in [6.07, 6.45) is -4.41. The summed E-state index contributed by atoms with van der Waals surface area (Å²) in [5, 5.41) is 7.79. The molecule has 0 aliphatic heterocycles. The van der Waals surface area contributed by atoms with Gasteiger partial charge in [-0.15, -0.1) is 0 Å². The van der Waals surface area contributed by atoms with Crippen molar-refractivity contribution in [1.82, 2.24) is 0 Å². The summed E-state index contributed by atoms with van der Waals surface area (Å²) in [6, 6.07) is 10.5. The van der Waals surface area contributed by atoms with E-state index in [0.717, 1.165) is 12.1 Å². The van der Waals surface area contributed by atoms with E-state index >= 15 is 0 Å². The van der Waals surface area contributed by atoms with Crippen molar-refractivity contribution in [2.45, 2.75) is 51.4 Å². The molecule has 0 unspecified atom stereocenters. The Morgan fingerprint density at radius 2 is 1.28 bits per heavy atom. The SMILES string of the molecule is CCC(C)(C)C(=O)Oc1ccc(N=Nc2ccc(OCC(F)(F)C(F)(F)C(F)(F)C(F)F)cc2)cc1. The number of halogens is 8. The second kappa shape index (κ2) is 10.8. The van der Waals surface area contributed by atoms with Gasteiger partial charge in [0.1, 0.15) is 11.5 Å². The Balaban J connectivity index is 1.99. The van der Waals surface area contributed by atoms with Crippen LogP contribution in [0.4, 0.5) is 46.5 Å². The highest BCUT2D eigenvalue weighted by Gasteiger charge is 2.75. The normalized spacial score (nSPS) is 13.3. The number of azo groups is 1. The zero-order chi connectivity index (χ0) is 27.4. The molecule has 0 saturated carbocycles. The van der Waals surface area contributed by atoms with Gasteiger partial charge in [0.25, 0.3) is 0 Å². The van der Waals surface area contributed by atoms with Crippen LogP contribution in [0.3, 0.4) is 0 Å². The molecule has 13 heteroatoms. The summed E-state index contributed by atoms with van der Waals surface area (Å²) in [4.78, 5) is 12.1. The largest absolute Gasteiger partial charge is 0.487 e. The van der Waals surface area contributed by atoms with Gasteiger partial charge in [0.15, 0.2) is 6.61 Å². The highest BCUT2D eigenvalue weighted by Crippen LogP contribution is 2.48. The molecule has 0 saturated heterocycles. The summed E-state index contributed by atoms with van der Waals surface area (Å²) >= 11 is 0. The Kier molecular flexibility index (Phi) is 8.69. The number of alkyl halides is 8. The van der Waals surface area contributed by atoms with E-state index < -0.39 is 47.9 Å². The van der Waals surface area contributed by atoms with Crippen LogP contribution in [0, 0.1) is 5.41 Å². The average Bonchev–Trinajstić information content (AvgIpc) is 2.82. The number of hydrogen-bond donors (Lipinski definition) is 0. The summed E-state index contributed by atoms with van der Waals surface area (Å²) in [6.45, 7) is 3.09. The molecule has 0 spiro atoms. The second-order valence-corrected chi connectivity index (χ2v) is 8.31. The molecule has 2 aromatic rings. The van der Waals surface area contributed by atoms with Crippen molar-refractivity contribution < 1.29 is 49.4 Å². The molecular weight excluding hydrogens is 504 g/mol. The molecule has 36 heavy (non-hydrogen) atoms. The molecule has 0 N–H and O–H groups in total. The van der Waals surface area contributed by atoms with Gasteiger partial charge in [-0.3, -0.25) is 4.79 Å². The molecule has 0 fully saturated rings. The van der Waals surface area contributed by atoms with Crippen molar-refractivity contribution in [3.05, 3.63) is 48.5 Å². The number of carbonyl (C=O) groups is 1. The lowest BCUT2D eigenvalue weighted by Crippen LogP contribution is -2.59. The van der Waals surface area contributed by atoms with Crippen LogP contribution in [0.25, 0.3) is 0 Å². The van der Waals surface area contributed by atoms with Crippen LogP contribution in [0.15, 0.2) is 58.8 Å². The van der Waals surface area contributed by atoms with Crippen LogP contribution in [-0.2, 0) is 4.79 Å². The number of hydrogen-bond acceptors (Lipinski definition) is 5. The molecule has 0 amide bonds. The van der Waals surface area contributed by atoms with Crippen LogP contribution >= 0.6 is 0 Å². The van der Waals surface area contributed by atoms with Crippen molar-refractivity contribution in [1.29, 1.82) is 0 Å². The fourth-order valence-electron chi connectivity index (χ4n) is 2.34. The third-order valence-electron chi connectivity index (χ3n) is 5.17. The van der Waals surface area contributed by atoms with Crippen LogP contribution < -0.4 is 9.47 Å². The molecule has 198 valence electrons. The molecule has 0 bridgehead atoms. The van der Waals surface area contributed by atoms with E-state index in [4.69, 9.17) is 4.74 Å². The minimum atomic E-state index is -6.34. The van der Waals surface area contributed by atoms with Crippen LogP contribution in [0.1, 0.15) is 27.2 Å². The highest BCUT2D eigenvalue weighted by atomic mass is 19.4. The first-order valence-electron chi connectivity index (χ1n) is 10.4. The van der Waals surface area contributed by atoms with E-state index in [2.05, 4.69) is 15.0 Å². The maximum absolute atomic E-state index is 13.6. The lowest BCUT2D eigenvalue weighted by atomic mass is 9.91. The Hall–Kier alpha value is -3.25. The fraction of sp³-hybridized carbons (Fsp3) is 0.435. The van der Waals surface area contributed by atoms with Crippen molar-refractivity contribution in [2.24, 2.45) is 15.6 Å². The third kappa shape index (κ3) is 6.49. The van der Waals surface area contributed by atoms with Crippen LogP contribution in [-0.4, -0.2) is 36.8 Å². The first-order valence-corrected chi connectivity index (χ1v) is 10.4. The van der Waals surface area contributed by atoms with Crippen molar-refractivity contribution >= 4 is 17.3 Å². The Morgan fingerprint density at radius 3 is 1.69 bits per heavy atom. The number of esters is 1. The van der Waals surface area contributed by atoms with Gasteiger partial charge in [-0.1, -0.05) is 6.92 Å². The smallest absolute Gasteiger partial charge is 0.381 e. The number of benzene rings is 2. The Bertz CT molecular complexity index is 1060. The second-order valence-electron chi connectivity index (χ2n) is 8.31. The maximum Gasteiger partial charge on any atom is 0.381 e. The van der Waals surface area contributed by atoms with Gasteiger partial charge in [-0.25, -0.2) is 8.78 Å². The summed E-state index contributed by atoms with van der Waals surface area (Å²) in [5.41, 5.74) is -0.0994. The monoisotopic (exact) mass is 526 g/mol. The number of nitrogens with zero attached hydrogens (tertiary/aromatic N) is 2. The lowest BCUT2D eigenvalue weighted by molar-refractivity contribution is -0.342. The van der Waals surface area contributed by atoms with E-state index in [9.17, 15) is 39.9 Å². The van der Waals surface area contributed by atoms with Gasteiger partial charge >= 0.3 is 30.2 Å². The van der Waals surface area contributed by atoms with Crippen LogP contribution in [0.2, 0.25) is 0 Å². The summed E-state index contributed by atoms with van der Waals surface area (Å²) in [7, 11) is 0. The molecule has 2 rings (SSSR count). The molecular formula is C23H22F8N2O3. The zero-order valence-corrected chi connectivity index (χ0v) is 19.3. The highest BCUT2D eigenvalue weighted by molar-refractivity contribution is 5.78. The molecule has 0 aromatic heterocycles. The number of carbonyl (C=O) groups excluding carboxylic acids is 1. The average molecular weight is 526 g/mol. The predicted octanol–water partition coefficient (Wildman–Crippen LogP) is 7.99.